The summed E-state index contributed by atoms with van der Waals surface area (Å²) in [5, 5.41) is 2.73. The van der Waals surface area contributed by atoms with Gasteiger partial charge < -0.3 is 4.74 Å². The molecule has 13 heavy (non-hydrogen) atoms. The summed E-state index contributed by atoms with van der Waals surface area (Å²) in [6.07, 6.45) is 2.33. The van der Waals surface area contributed by atoms with Gasteiger partial charge in [-0.25, -0.2) is 4.79 Å². The highest BCUT2D eigenvalue weighted by Gasteiger charge is 2.18. The van der Waals surface area contributed by atoms with Gasteiger partial charge in [0, 0.05) is 0 Å². The minimum atomic E-state index is -0.816. The lowest BCUT2D eigenvalue weighted by molar-refractivity contribution is -0.142. The number of hydrogen-bond donors (Lipinski definition) is 0. The highest BCUT2D eigenvalue weighted by Crippen LogP contribution is 2.11. The van der Waals surface area contributed by atoms with Gasteiger partial charge in [0.1, 0.15) is 0 Å². The largest absolute Gasteiger partial charge is 0.467 e. The van der Waals surface area contributed by atoms with Gasteiger partial charge in [0.25, 0.3) is 0 Å². The van der Waals surface area contributed by atoms with Gasteiger partial charge in [-0.05, 0) is 12.3 Å². The van der Waals surface area contributed by atoms with Crippen LogP contribution in [-0.4, -0.2) is 19.1 Å². The minimum absolute atomic E-state index is 0.494. The van der Waals surface area contributed by atoms with Crippen LogP contribution in [0.15, 0.2) is 5.18 Å². The molecule has 4 heteroatoms. The number of esters is 1. The van der Waals surface area contributed by atoms with Crippen LogP contribution in [0.4, 0.5) is 0 Å². The molecule has 0 radical (unpaired) electrons. The number of ether oxygens (including phenoxy) is 1. The van der Waals surface area contributed by atoms with E-state index in [9.17, 15) is 9.70 Å². The van der Waals surface area contributed by atoms with Crippen LogP contribution in [0.3, 0.4) is 0 Å². The Morgan fingerprint density at radius 2 is 2.00 bits per heavy atom. The highest BCUT2D eigenvalue weighted by atomic mass is 16.5. The fourth-order valence-electron chi connectivity index (χ4n) is 1.07. The van der Waals surface area contributed by atoms with E-state index in [-0.39, 0.29) is 0 Å². The van der Waals surface area contributed by atoms with Crippen molar-refractivity contribution in [2.75, 3.05) is 7.11 Å². The van der Waals surface area contributed by atoms with E-state index in [2.05, 4.69) is 23.8 Å². The number of carbonyl (C=O) groups excluding carboxylic acids is 1. The van der Waals surface area contributed by atoms with Crippen molar-refractivity contribution in [3.63, 3.8) is 0 Å². The molecule has 0 saturated carbocycles. The van der Waals surface area contributed by atoms with Crippen molar-refractivity contribution in [2.24, 2.45) is 11.1 Å². The van der Waals surface area contributed by atoms with E-state index in [0.29, 0.717) is 12.3 Å². The van der Waals surface area contributed by atoms with E-state index in [1.807, 2.05) is 0 Å². The number of carbonyl (C=O) groups is 1. The third kappa shape index (κ3) is 5.33. The van der Waals surface area contributed by atoms with E-state index in [4.69, 9.17) is 0 Å². The van der Waals surface area contributed by atoms with Crippen LogP contribution in [0.2, 0.25) is 0 Å². The van der Waals surface area contributed by atoms with Crippen LogP contribution in [-0.2, 0) is 9.53 Å². The van der Waals surface area contributed by atoms with Crippen LogP contribution >= 0.6 is 0 Å². The van der Waals surface area contributed by atoms with Crippen molar-refractivity contribution in [3.8, 4) is 0 Å². The maximum Gasteiger partial charge on any atom is 0.334 e. The monoisotopic (exact) mass is 187 g/mol. The second-order valence-corrected chi connectivity index (χ2v) is 3.47. The molecule has 0 N–H and O–H groups in total. The zero-order chi connectivity index (χ0) is 10.3. The summed E-state index contributed by atoms with van der Waals surface area (Å²) < 4.78 is 4.43. The summed E-state index contributed by atoms with van der Waals surface area (Å²) in [5.41, 5.74) is 0. The van der Waals surface area contributed by atoms with Gasteiger partial charge in [-0.3, -0.25) is 0 Å². The van der Waals surface area contributed by atoms with E-state index < -0.39 is 12.0 Å². The van der Waals surface area contributed by atoms with E-state index in [1.54, 1.807) is 0 Å². The molecule has 0 aromatic rings. The Morgan fingerprint density at radius 3 is 2.38 bits per heavy atom. The quantitative estimate of drug-likeness (QED) is 0.472. The summed E-state index contributed by atoms with van der Waals surface area (Å²) in [6, 6.07) is -0.816. The second-order valence-electron chi connectivity index (χ2n) is 3.47. The van der Waals surface area contributed by atoms with Gasteiger partial charge in [0.2, 0.25) is 0 Å². The molecule has 0 aliphatic rings. The van der Waals surface area contributed by atoms with Gasteiger partial charge in [-0.2, -0.15) is 0 Å². The van der Waals surface area contributed by atoms with Crippen LogP contribution in [0, 0.1) is 10.8 Å². The lowest BCUT2D eigenvalue weighted by Gasteiger charge is -2.07. The summed E-state index contributed by atoms with van der Waals surface area (Å²) in [5.74, 6) is 0.0590. The lowest BCUT2D eigenvalue weighted by Crippen LogP contribution is -2.19. The molecule has 0 aromatic heterocycles. The molecule has 0 spiro atoms. The fourth-order valence-corrected chi connectivity index (χ4v) is 1.07. The maximum absolute atomic E-state index is 10.9. The molecule has 0 aromatic carbocycles. The molecule has 1 unspecified atom stereocenters. The minimum Gasteiger partial charge on any atom is -0.467 e. The van der Waals surface area contributed by atoms with Gasteiger partial charge in [-0.15, -0.1) is 4.91 Å². The Labute approximate surface area is 78.6 Å². The second kappa shape index (κ2) is 6.57. The zero-order valence-corrected chi connectivity index (χ0v) is 8.45. The van der Waals surface area contributed by atoms with Crippen LogP contribution in [0.1, 0.15) is 33.1 Å². The van der Waals surface area contributed by atoms with Crippen LogP contribution in [0.5, 0.6) is 0 Å². The van der Waals surface area contributed by atoms with Crippen molar-refractivity contribution in [1.29, 1.82) is 0 Å². The molecule has 0 heterocycles. The molecule has 4 nitrogen and oxygen atoms in total. The SMILES string of the molecule is COC(=O)C(CCCC(C)C)N=O. The maximum atomic E-state index is 10.9. The van der Waals surface area contributed by atoms with Crippen molar-refractivity contribution in [3.05, 3.63) is 4.91 Å². The molecule has 76 valence electrons. The molecule has 0 aliphatic carbocycles. The first-order valence-electron chi connectivity index (χ1n) is 4.52. The zero-order valence-electron chi connectivity index (χ0n) is 8.45. The fraction of sp³-hybridized carbons (Fsp3) is 0.889. The van der Waals surface area contributed by atoms with Crippen molar-refractivity contribution >= 4 is 5.97 Å². The number of nitrogens with zero attached hydrogens (tertiary/aromatic N) is 1. The number of rotatable bonds is 6. The molecule has 0 bridgehead atoms. The molecule has 0 fully saturated rings. The Hall–Kier alpha value is -0.930. The normalized spacial score (nSPS) is 12.6. The third-order valence-electron chi connectivity index (χ3n) is 1.86. The Kier molecular flexibility index (Phi) is 6.10. The van der Waals surface area contributed by atoms with Gasteiger partial charge in [-0.1, -0.05) is 31.9 Å². The molecule has 0 rings (SSSR count). The van der Waals surface area contributed by atoms with E-state index in [1.165, 1.54) is 7.11 Å². The standard InChI is InChI=1S/C9H17NO3/c1-7(2)5-4-6-8(10-12)9(11)13-3/h7-8H,4-6H2,1-3H3. The molecule has 0 saturated heterocycles. The first-order chi connectivity index (χ1) is 6.11. The summed E-state index contributed by atoms with van der Waals surface area (Å²) >= 11 is 0. The Balaban J connectivity index is 3.72. The van der Waals surface area contributed by atoms with Gasteiger partial charge in [0.05, 0.1) is 7.11 Å². The summed E-state index contributed by atoms with van der Waals surface area (Å²) in [7, 11) is 1.27. The number of methoxy groups -OCH3 is 1. The molecular weight excluding hydrogens is 170 g/mol. The first-order valence-corrected chi connectivity index (χ1v) is 4.52. The van der Waals surface area contributed by atoms with Crippen molar-refractivity contribution < 1.29 is 9.53 Å². The molecule has 0 aliphatic heterocycles. The van der Waals surface area contributed by atoms with Gasteiger partial charge in [0.15, 0.2) is 6.04 Å². The average molecular weight is 187 g/mol. The average Bonchev–Trinajstić information content (AvgIpc) is 2.11. The predicted octanol–water partition coefficient (Wildman–Crippen LogP) is 2.12. The van der Waals surface area contributed by atoms with Crippen LogP contribution < -0.4 is 0 Å². The molecule has 0 amide bonds. The van der Waals surface area contributed by atoms with Crippen molar-refractivity contribution in [1.82, 2.24) is 0 Å². The van der Waals surface area contributed by atoms with E-state index in [0.717, 1.165) is 12.8 Å². The predicted molar refractivity (Wildman–Crippen MR) is 50.3 cm³/mol. The third-order valence-corrected chi connectivity index (χ3v) is 1.86. The number of nitroso groups, excluding NO2 is 1. The first kappa shape index (κ1) is 12.1. The van der Waals surface area contributed by atoms with E-state index >= 15 is 0 Å². The molecule has 1 atom stereocenters. The smallest absolute Gasteiger partial charge is 0.334 e. The Bertz CT molecular complexity index is 168. The lowest BCUT2D eigenvalue weighted by atomic mass is 10.0. The number of hydrogen-bond acceptors (Lipinski definition) is 4. The summed E-state index contributed by atoms with van der Waals surface area (Å²) in [4.78, 5) is 21.1. The highest BCUT2D eigenvalue weighted by molar-refractivity contribution is 5.75. The van der Waals surface area contributed by atoms with Crippen LogP contribution in [0.25, 0.3) is 0 Å². The Morgan fingerprint density at radius 1 is 1.38 bits per heavy atom. The summed E-state index contributed by atoms with van der Waals surface area (Å²) in [6.45, 7) is 4.20. The molecular formula is C9H17NO3. The topological polar surface area (TPSA) is 55.7 Å². The van der Waals surface area contributed by atoms with Gasteiger partial charge >= 0.3 is 5.97 Å². The van der Waals surface area contributed by atoms with Crippen molar-refractivity contribution in [2.45, 2.75) is 39.2 Å².